The first-order valence-electron chi connectivity index (χ1n) is 9.98. The molecule has 0 aromatic rings. The van der Waals surface area contributed by atoms with E-state index in [0.29, 0.717) is 17.7 Å². The van der Waals surface area contributed by atoms with E-state index in [4.69, 9.17) is 0 Å². The molecule has 4 aliphatic rings. The molecule has 1 aliphatic heterocycles. The summed E-state index contributed by atoms with van der Waals surface area (Å²) in [5.74, 6) is 2.23. The van der Waals surface area contributed by atoms with Crippen molar-refractivity contribution in [3.05, 3.63) is 12.2 Å². The van der Waals surface area contributed by atoms with Gasteiger partial charge in [0.25, 0.3) is 0 Å². The first-order chi connectivity index (χ1) is 11.7. The summed E-state index contributed by atoms with van der Waals surface area (Å²) in [6.45, 7) is 1.62. The van der Waals surface area contributed by atoms with Crippen molar-refractivity contribution in [3.63, 3.8) is 0 Å². The number of rotatable bonds is 3. The molecule has 3 fully saturated rings. The maximum absolute atomic E-state index is 12.8. The summed E-state index contributed by atoms with van der Waals surface area (Å²) in [6.07, 6.45) is 14.4. The number of likely N-dealkylation sites (tertiary alicyclic amines) is 1. The fourth-order valence-electron chi connectivity index (χ4n) is 5.23. The lowest BCUT2D eigenvalue weighted by atomic mass is 9.88. The molecular weight excluding hydrogens is 300 g/mol. The van der Waals surface area contributed by atoms with E-state index in [-0.39, 0.29) is 23.8 Å². The highest BCUT2D eigenvalue weighted by molar-refractivity contribution is 5.81. The second kappa shape index (κ2) is 6.89. The van der Waals surface area contributed by atoms with Crippen LogP contribution in [0.3, 0.4) is 0 Å². The fourth-order valence-corrected chi connectivity index (χ4v) is 5.23. The lowest BCUT2D eigenvalue weighted by Gasteiger charge is -2.35. The zero-order chi connectivity index (χ0) is 16.5. The molecule has 4 heteroatoms. The first kappa shape index (κ1) is 16.2. The SMILES string of the molecule is O=C(NC1CCN(C(=O)[C@H]2C[C@H]3C=C[C@H]2C3)CC1)C1CCCCC1. The first-order valence-corrected chi connectivity index (χ1v) is 9.98. The molecule has 0 radical (unpaired) electrons. The molecule has 1 heterocycles. The molecule has 0 aromatic carbocycles. The maximum atomic E-state index is 12.8. The Morgan fingerprint density at radius 1 is 0.917 bits per heavy atom. The fraction of sp³-hybridized carbons (Fsp3) is 0.800. The second-order valence-corrected chi connectivity index (χ2v) is 8.33. The van der Waals surface area contributed by atoms with Crippen LogP contribution in [-0.2, 0) is 9.59 Å². The van der Waals surface area contributed by atoms with Crippen LogP contribution in [0.5, 0.6) is 0 Å². The zero-order valence-electron chi connectivity index (χ0n) is 14.6. The minimum absolute atomic E-state index is 0.230. The highest BCUT2D eigenvalue weighted by Gasteiger charge is 2.42. The van der Waals surface area contributed by atoms with Crippen LogP contribution in [0.25, 0.3) is 0 Å². The largest absolute Gasteiger partial charge is 0.353 e. The number of amides is 2. The Balaban J connectivity index is 1.24. The lowest BCUT2D eigenvalue weighted by Crippen LogP contribution is -2.49. The second-order valence-electron chi connectivity index (χ2n) is 8.33. The van der Waals surface area contributed by atoms with E-state index < -0.39 is 0 Å². The predicted octanol–water partition coefficient (Wildman–Crippen LogP) is 2.89. The average molecular weight is 330 g/mol. The van der Waals surface area contributed by atoms with Gasteiger partial charge in [-0.3, -0.25) is 9.59 Å². The van der Waals surface area contributed by atoms with Crippen LogP contribution in [0.15, 0.2) is 12.2 Å². The van der Waals surface area contributed by atoms with Gasteiger partial charge in [0.15, 0.2) is 0 Å². The van der Waals surface area contributed by atoms with Gasteiger partial charge in [-0.25, -0.2) is 0 Å². The Labute approximate surface area is 145 Å². The summed E-state index contributed by atoms with van der Waals surface area (Å²) in [6, 6.07) is 0.267. The van der Waals surface area contributed by atoms with E-state index in [1.807, 2.05) is 0 Å². The molecule has 0 spiro atoms. The number of nitrogens with one attached hydrogen (secondary N) is 1. The van der Waals surface area contributed by atoms with Crippen LogP contribution >= 0.6 is 0 Å². The summed E-state index contributed by atoms with van der Waals surface area (Å²) in [5.41, 5.74) is 0. The van der Waals surface area contributed by atoms with Gasteiger partial charge < -0.3 is 10.2 Å². The quantitative estimate of drug-likeness (QED) is 0.809. The van der Waals surface area contributed by atoms with Crippen molar-refractivity contribution < 1.29 is 9.59 Å². The van der Waals surface area contributed by atoms with Crippen molar-refractivity contribution in [2.45, 2.75) is 63.8 Å². The minimum atomic E-state index is 0.230. The molecule has 132 valence electrons. The third-order valence-corrected chi connectivity index (χ3v) is 6.73. The summed E-state index contributed by atoms with van der Waals surface area (Å²) < 4.78 is 0. The van der Waals surface area contributed by atoms with Crippen molar-refractivity contribution in [1.29, 1.82) is 0 Å². The molecule has 0 aromatic heterocycles. The van der Waals surface area contributed by atoms with Gasteiger partial charge in [0.2, 0.25) is 11.8 Å². The van der Waals surface area contributed by atoms with Crippen LogP contribution in [0, 0.1) is 23.7 Å². The number of carbonyl (C=O) groups excluding carboxylic acids is 2. The monoisotopic (exact) mass is 330 g/mol. The van der Waals surface area contributed by atoms with Crippen LogP contribution < -0.4 is 5.32 Å². The van der Waals surface area contributed by atoms with Gasteiger partial charge in [-0.2, -0.15) is 0 Å². The van der Waals surface area contributed by atoms with Crippen molar-refractivity contribution in [3.8, 4) is 0 Å². The van der Waals surface area contributed by atoms with Gasteiger partial charge in [-0.1, -0.05) is 31.4 Å². The van der Waals surface area contributed by atoms with E-state index in [0.717, 1.165) is 45.2 Å². The molecule has 2 bridgehead atoms. The molecule has 4 nitrogen and oxygen atoms in total. The van der Waals surface area contributed by atoms with E-state index >= 15 is 0 Å². The molecule has 1 N–H and O–H groups in total. The number of piperidine rings is 1. The Hall–Kier alpha value is -1.32. The van der Waals surface area contributed by atoms with Crippen LogP contribution in [-0.4, -0.2) is 35.8 Å². The van der Waals surface area contributed by atoms with E-state index in [1.165, 1.54) is 25.7 Å². The van der Waals surface area contributed by atoms with E-state index in [2.05, 4.69) is 22.4 Å². The van der Waals surface area contributed by atoms with Gasteiger partial charge in [0.05, 0.1) is 0 Å². The highest BCUT2D eigenvalue weighted by Crippen LogP contribution is 2.44. The number of hydrogen-bond donors (Lipinski definition) is 1. The van der Waals surface area contributed by atoms with E-state index in [9.17, 15) is 9.59 Å². The topological polar surface area (TPSA) is 49.4 Å². The minimum Gasteiger partial charge on any atom is -0.353 e. The maximum Gasteiger partial charge on any atom is 0.226 e. The van der Waals surface area contributed by atoms with Gasteiger partial charge >= 0.3 is 0 Å². The Morgan fingerprint density at radius 3 is 2.29 bits per heavy atom. The summed E-state index contributed by atoms with van der Waals surface area (Å²) in [7, 11) is 0. The third kappa shape index (κ3) is 3.25. The Bertz CT molecular complexity index is 516. The molecule has 3 atom stereocenters. The van der Waals surface area contributed by atoms with Crippen LogP contribution in [0.2, 0.25) is 0 Å². The Morgan fingerprint density at radius 2 is 1.67 bits per heavy atom. The number of allylic oxidation sites excluding steroid dienone is 2. The third-order valence-electron chi connectivity index (χ3n) is 6.73. The number of carbonyl (C=O) groups is 2. The van der Waals surface area contributed by atoms with Gasteiger partial charge in [-0.15, -0.1) is 0 Å². The number of fused-ring (bicyclic) bond motifs is 2. The normalized spacial score (nSPS) is 33.8. The van der Waals surface area contributed by atoms with Crippen LogP contribution in [0.4, 0.5) is 0 Å². The number of nitrogens with zero attached hydrogens (tertiary/aromatic N) is 1. The van der Waals surface area contributed by atoms with Crippen molar-refractivity contribution >= 4 is 11.8 Å². The summed E-state index contributed by atoms with van der Waals surface area (Å²) in [5, 5.41) is 3.26. The smallest absolute Gasteiger partial charge is 0.226 e. The zero-order valence-corrected chi connectivity index (χ0v) is 14.6. The van der Waals surface area contributed by atoms with Gasteiger partial charge in [0, 0.05) is 31.0 Å². The predicted molar refractivity (Wildman–Crippen MR) is 93.2 cm³/mol. The van der Waals surface area contributed by atoms with Crippen LogP contribution in [0.1, 0.15) is 57.8 Å². The average Bonchev–Trinajstić information content (AvgIpc) is 3.26. The van der Waals surface area contributed by atoms with E-state index in [1.54, 1.807) is 0 Å². The molecular formula is C20H30N2O2. The van der Waals surface area contributed by atoms with Gasteiger partial charge in [-0.05, 0) is 50.4 Å². The Kier molecular flexibility index (Phi) is 4.64. The molecule has 1 saturated heterocycles. The molecule has 3 aliphatic carbocycles. The molecule has 4 rings (SSSR count). The molecule has 2 saturated carbocycles. The van der Waals surface area contributed by atoms with Crippen molar-refractivity contribution in [2.24, 2.45) is 23.7 Å². The standard InChI is InChI=1S/C20H30N2O2/c23-19(15-4-2-1-3-5-15)21-17-8-10-22(11-9-17)20(24)18-13-14-6-7-16(18)12-14/h6-7,14-18H,1-5,8-13H2,(H,21,23)/t14-,16-,18-/m0/s1. The molecule has 24 heavy (non-hydrogen) atoms. The summed E-state index contributed by atoms with van der Waals surface area (Å²) in [4.78, 5) is 27.2. The van der Waals surface area contributed by atoms with Gasteiger partial charge in [0.1, 0.15) is 0 Å². The summed E-state index contributed by atoms with van der Waals surface area (Å²) >= 11 is 0. The van der Waals surface area contributed by atoms with Crippen molar-refractivity contribution in [1.82, 2.24) is 10.2 Å². The van der Waals surface area contributed by atoms with Crippen molar-refractivity contribution in [2.75, 3.05) is 13.1 Å². The lowest BCUT2D eigenvalue weighted by molar-refractivity contribution is -0.137. The number of hydrogen-bond acceptors (Lipinski definition) is 2. The highest BCUT2D eigenvalue weighted by atomic mass is 16.2. The molecule has 2 amide bonds. The molecule has 0 unspecified atom stereocenters.